The standard InChI is InChI=1S/C18H19BrF2O2/c1-2-23-17(22)14-10-13(14)16-12(4-3-5-15(16)19)11-6-8-18(20,21)9-7-11/h3-6,13-14H,2,7-10H2,1H3. The Hall–Kier alpha value is -1.23. The maximum atomic E-state index is 13.4. The summed E-state index contributed by atoms with van der Waals surface area (Å²) in [5.41, 5.74) is 3.01. The van der Waals surface area contributed by atoms with Crippen LogP contribution in [0.3, 0.4) is 0 Å². The van der Waals surface area contributed by atoms with Crippen LogP contribution in [0.4, 0.5) is 8.78 Å². The monoisotopic (exact) mass is 384 g/mol. The molecule has 0 spiro atoms. The highest BCUT2D eigenvalue weighted by Gasteiger charge is 2.47. The molecule has 3 rings (SSSR count). The lowest BCUT2D eigenvalue weighted by atomic mass is 9.87. The van der Waals surface area contributed by atoms with Crippen LogP contribution in [0.5, 0.6) is 0 Å². The molecule has 2 aliphatic rings. The number of hydrogen-bond acceptors (Lipinski definition) is 2. The lowest BCUT2D eigenvalue weighted by Gasteiger charge is -2.23. The number of halogens is 3. The topological polar surface area (TPSA) is 26.3 Å². The number of ether oxygens (including phenoxy) is 1. The van der Waals surface area contributed by atoms with Gasteiger partial charge in [-0.3, -0.25) is 4.79 Å². The first-order valence-corrected chi connectivity index (χ1v) is 8.74. The molecular weight excluding hydrogens is 366 g/mol. The molecule has 0 heterocycles. The summed E-state index contributed by atoms with van der Waals surface area (Å²) in [7, 11) is 0. The van der Waals surface area contributed by atoms with E-state index in [1.165, 1.54) is 0 Å². The second-order valence-electron chi connectivity index (χ2n) is 6.19. The molecular formula is C18H19BrF2O2. The fourth-order valence-electron chi connectivity index (χ4n) is 3.26. The number of carbonyl (C=O) groups excluding carboxylic acids is 1. The zero-order valence-electron chi connectivity index (χ0n) is 13.0. The molecule has 2 nitrogen and oxygen atoms in total. The summed E-state index contributed by atoms with van der Waals surface area (Å²) in [5, 5.41) is 0. The quantitative estimate of drug-likeness (QED) is 0.656. The van der Waals surface area contributed by atoms with E-state index in [4.69, 9.17) is 4.74 Å². The highest BCUT2D eigenvalue weighted by molar-refractivity contribution is 9.10. The average Bonchev–Trinajstić information content (AvgIpc) is 3.27. The fraction of sp³-hybridized carbons (Fsp3) is 0.500. The van der Waals surface area contributed by atoms with Crippen molar-refractivity contribution < 1.29 is 18.3 Å². The molecule has 2 atom stereocenters. The van der Waals surface area contributed by atoms with Gasteiger partial charge < -0.3 is 4.74 Å². The van der Waals surface area contributed by atoms with Gasteiger partial charge in [-0.1, -0.05) is 34.1 Å². The summed E-state index contributed by atoms with van der Waals surface area (Å²) in [6.07, 6.45) is 2.46. The maximum Gasteiger partial charge on any atom is 0.309 e. The molecule has 2 unspecified atom stereocenters. The Morgan fingerprint density at radius 1 is 1.43 bits per heavy atom. The molecule has 0 saturated heterocycles. The minimum atomic E-state index is -2.59. The summed E-state index contributed by atoms with van der Waals surface area (Å²) in [6.45, 7) is 2.18. The highest BCUT2D eigenvalue weighted by Crippen LogP contribution is 2.53. The summed E-state index contributed by atoms with van der Waals surface area (Å²) in [5.74, 6) is -2.76. The van der Waals surface area contributed by atoms with Crippen LogP contribution in [0.2, 0.25) is 0 Å². The molecule has 0 radical (unpaired) electrons. The fourth-order valence-corrected chi connectivity index (χ4v) is 3.92. The van der Waals surface area contributed by atoms with Crippen molar-refractivity contribution in [3.05, 3.63) is 39.9 Å². The normalized spacial score (nSPS) is 25.7. The van der Waals surface area contributed by atoms with Gasteiger partial charge in [0.05, 0.1) is 12.5 Å². The number of alkyl halides is 2. The number of hydrogen-bond donors (Lipinski definition) is 0. The Bertz CT molecular complexity index is 654. The van der Waals surface area contributed by atoms with Crippen molar-refractivity contribution in [2.24, 2.45) is 5.92 Å². The molecule has 2 aliphatic carbocycles. The van der Waals surface area contributed by atoms with Crippen molar-refractivity contribution in [3.63, 3.8) is 0 Å². The largest absolute Gasteiger partial charge is 0.466 e. The molecule has 0 aliphatic heterocycles. The first-order valence-electron chi connectivity index (χ1n) is 7.95. The van der Waals surface area contributed by atoms with Gasteiger partial charge in [-0.05, 0) is 48.4 Å². The predicted molar refractivity (Wildman–Crippen MR) is 88.4 cm³/mol. The Kier molecular flexibility index (Phi) is 4.59. The lowest BCUT2D eigenvalue weighted by Crippen LogP contribution is -2.18. The number of allylic oxidation sites excluding steroid dienone is 2. The molecule has 1 aromatic rings. The first kappa shape index (κ1) is 16.6. The molecule has 124 valence electrons. The van der Waals surface area contributed by atoms with Crippen molar-refractivity contribution in [1.29, 1.82) is 0 Å². The molecule has 0 amide bonds. The van der Waals surface area contributed by atoms with Crippen LogP contribution < -0.4 is 0 Å². The summed E-state index contributed by atoms with van der Waals surface area (Å²) >= 11 is 3.56. The summed E-state index contributed by atoms with van der Waals surface area (Å²) in [6, 6.07) is 5.82. The summed E-state index contributed by atoms with van der Waals surface area (Å²) < 4.78 is 32.8. The van der Waals surface area contributed by atoms with Crippen LogP contribution in [-0.2, 0) is 9.53 Å². The van der Waals surface area contributed by atoms with Gasteiger partial charge in [0.15, 0.2) is 0 Å². The minimum absolute atomic E-state index is 0.113. The van der Waals surface area contributed by atoms with Crippen LogP contribution in [0, 0.1) is 5.92 Å². The maximum absolute atomic E-state index is 13.4. The highest BCUT2D eigenvalue weighted by atomic mass is 79.9. The van der Waals surface area contributed by atoms with Crippen molar-refractivity contribution in [2.45, 2.75) is 44.4 Å². The van der Waals surface area contributed by atoms with Crippen molar-refractivity contribution in [3.8, 4) is 0 Å². The molecule has 1 saturated carbocycles. The number of carbonyl (C=O) groups is 1. The van der Waals surface area contributed by atoms with E-state index in [-0.39, 0.29) is 30.6 Å². The molecule has 0 bridgehead atoms. The minimum Gasteiger partial charge on any atom is -0.466 e. The third-order valence-electron chi connectivity index (χ3n) is 4.56. The van der Waals surface area contributed by atoms with Crippen molar-refractivity contribution in [1.82, 2.24) is 0 Å². The Morgan fingerprint density at radius 2 is 2.22 bits per heavy atom. The van der Waals surface area contributed by atoms with Crippen LogP contribution >= 0.6 is 15.9 Å². The smallest absolute Gasteiger partial charge is 0.309 e. The van der Waals surface area contributed by atoms with E-state index in [0.717, 1.165) is 27.6 Å². The van der Waals surface area contributed by atoms with Crippen LogP contribution in [0.25, 0.3) is 5.57 Å². The van der Waals surface area contributed by atoms with Crippen LogP contribution in [0.1, 0.15) is 49.7 Å². The van der Waals surface area contributed by atoms with Gasteiger partial charge in [-0.15, -0.1) is 0 Å². The van der Waals surface area contributed by atoms with Crippen molar-refractivity contribution >= 4 is 27.5 Å². The second-order valence-corrected chi connectivity index (χ2v) is 7.05. The molecule has 0 N–H and O–H groups in total. The van der Waals surface area contributed by atoms with E-state index in [1.54, 1.807) is 13.0 Å². The van der Waals surface area contributed by atoms with E-state index >= 15 is 0 Å². The average molecular weight is 385 g/mol. The summed E-state index contributed by atoms with van der Waals surface area (Å²) in [4.78, 5) is 11.9. The Morgan fingerprint density at radius 3 is 2.87 bits per heavy atom. The van der Waals surface area contributed by atoms with Gasteiger partial charge >= 0.3 is 5.97 Å². The first-order chi connectivity index (χ1) is 10.9. The van der Waals surface area contributed by atoms with Gasteiger partial charge in [0.25, 0.3) is 5.92 Å². The van der Waals surface area contributed by atoms with Crippen molar-refractivity contribution in [2.75, 3.05) is 6.61 Å². The van der Waals surface area contributed by atoms with Gasteiger partial charge in [0.1, 0.15) is 0 Å². The van der Waals surface area contributed by atoms with E-state index in [1.807, 2.05) is 18.2 Å². The number of rotatable bonds is 4. The zero-order chi connectivity index (χ0) is 16.6. The van der Waals surface area contributed by atoms with E-state index in [2.05, 4.69) is 15.9 Å². The van der Waals surface area contributed by atoms with E-state index < -0.39 is 5.92 Å². The zero-order valence-corrected chi connectivity index (χ0v) is 14.5. The molecule has 1 aromatic carbocycles. The lowest BCUT2D eigenvalue weighted by molar-refractivity contribution is -0.144. The molecule has 1 fully saturated rings. The third kappa shape index (κ3) is 3.49. The number of esters is 1. The second kappa shape index (κ2) is 6.34. The molecule has 5 heteroatoms. The number of benzene rings is 1. The van der Waals surface area contributed by atoms with Crippen LogP contribution in [0.15, 0.2) is 28.7 Å². The Labute approximate surface area is 143 Å². The van der Waals surface area contributed by atoms with Gasteiger partial charge in [-0.2, -0.15) is 0 Å². The SMILES string of the molecule is CCOC(=O)C1CC1c1c(Br)cccc1C1=CCC(F)(F)CC1. The molecule has 0 aromatic heterocycles. The van der Waals surface area contributed by atoms with Gasteiger partial charge in [0, 0.05) is 17.3 Å². The molecule has 23 heavy (non-hydrogen) atoms. The predicted octanol–water partition coefficient (Wildman–Crippen LogP) is 5.32. The van der Waals surface area contributed by atoms with E-state index in [9.17, 15) is 13.6 Å². The van der Waals surface area contributed by atoms with E-state index in [0.29, 0.717) is 13.0 Å². The Balaban J connectivity index is 1.88. The van der Waals surface area contributed by atoms with Gasteiger partial charge in [-0.25, -0.2) is 8.78 Å². The van der Waals surface area contributed by atoms with Gasteiger partial charge in [0.2, 0.25) is 0 Å². The third-order valence-corrected chi connectivity index (χ3v) is 5.25. The van der Waals surface area contributed by atoms with Crippen LogP contribution in [-0.4, -0.2) is 18.5 Å².